The van der Waals surface area contributed by atoms with Crippen molar-refractivity contribution in [2.45, 2.75) is 25.8 Å². The molecule has 0 aliphatic heterocycles. The van der Waals surface area contributed by atoms with Crippen molar-refractivity contribution in [3.8, 4) is 0 Å². The summed E-state index contributed by atoms with van der Waals surface area (Å²) in [5, 5.41) is 2.51. The number of hydrogen-bond donors (Lipinski definition) is 0. The maximum Gasteiger partial charge on any atom is 0.261 e. The Morgan fingerprint density at radius 1 is 0.840 bits per heavy atom. The second kappa shape index (κ2) is 8.74. The second-order valence-corrected chi connectivity index (χ2v) is 11.2. The predicted molar refractivity (Wildman–Crippen MR) is 108 cm³/mol. The van der Waals surface area contributed by atoms with Gasteiger partial charge in [-0.3, -0.25) is 4.79 Å². The zero-order chi connectivity index (χ0) is 18.2. The number of allylic oxidation sites excluding steroid dienone is 3. The molecule has 3 heteroatoms. The molecule has 0 aliphatic rings. The van der Waals surface area contributed by atoms with E-state index in [1.165, 1.54) is 16.4 Å². The fourth-order valence-electron chi connectivity index (χ4n) is 3.18. The number of aldehydes is 1. The minimum absolute atomic E-state index is 0.0256. The molecule has 0 N–H and O–H groups in total. The van der Waals surface area contributed by atoms with E-state index in [0.717, 1.165) is 6.29 Å². The number of hydrogen-bond acceptors (Lipinski definition) is 2. The van der Waals surface area contributed by atoms with Gasteiger partial charge in [0.1, 0.15) is 6.29 Å². The van der Waals surface area contributed by atoms with Crippen molar-refractivity contribution in [3.63, 3.8) is 0 Å². The fourth-order valence-corrected chi connectivity index (χ4v) is 7.68. The van der Waals surface area contributed by atoms with Crippen molar-refractivity contribution >= 4 is 25.0 Å². The van der Waals surface area contributed by atoms with E-state index in [9.17, 15) is 4.79 Å². The number of carbonyl (C=O) groups excluding carboxylic acids is 1. The second-order valence-electron chi connectivity index (χ2n) is 6.92. The van der Waals surface area contributed by atoms with Crippen LogP contribution in [0.1, 0.15) is 20.8 Å². The van der Waals surface area contributed by atoms with Crippen LogP contribution in [0.2, 0.25) is 5.04 Å². The van der Waals surface area contributed by atoms with Gasteiger partial charge >= 0.3 is 0 Å². The molecule has 0 amide bonds. The molecule has 2 nitrogen and oxygen atoms in total. The maximum absolute atomic E-state index is 10.4. The van der Waals surface area contributed by atoms with E-state index < -0.39 is 8.32 Å². The summed E-state index contributed by atoms with van der Waals surface area (Å²) in [4.78, 5) is 10.4. The standard InChI is InChI=1S/C22H26O2Si/c1-22(2,3)25(20-14-8-6-9-15-20,21-16-10-7-11-17-21)24-19-13-5-4-12-18-23/h4-18H,19H2,1-3H3/b12-4-,13-5+. The van der Waals surface area contributed by atoms with Crippen molar-refractivity contribution in [2.24, 2.45) is 0 Å². The zero-order valence-corrected chi connectivity index (χ0v) is 16.2. The van der Waals surface area contributed by atoms with Crippen LogP contribution in [0, 0.1) is 0 Å². The van der Waals surface area contributed by atoms with Crippen LogP contribution in [0.15, 0.2) is 85.0 Å². The minimum atomic E-state index is -2.46. The quantitative estimate of drug-likeness (QED) is 0.328. The fraction of sp³-hybridized carbons (Fsp3) is 0.227. The summed E-state index contributed by atoms with van der Waals surface area (Å²) in [5.41, 5.74) is 0. The van der Waals surface area contributed by atoms with E-state index in [-0.39, 0.29) is 5.04 Å². The molecule has 2 rings (SSSR count). The summed E-state index contributed by atoms with van der Waals surface area (Å²) in [6, 6.07) is 21.1. The topological polar surface area (TPSA) is 26.3 Å². The van der Waals surface area contributed by atoms with Gasteiger partial charge in [0.05, 0.1) is 6.61 Å². The third kappa shape index (κ3) is 4.44. The van der Waals surface area contributed by atoms with Crippen LogP contribution in [-0.2, 0) is 9.22 Å². The Morgan fingerprint density at radius 3 is 1.80 bits per heavy atom. The molecule has 0 spiro atoms. The average Bonchev–Trinajstić information content (AvgIpc) is 2.62. The van der Waals surface area contributed by atoms with E-state index in [1.807, 2.05) is 24.3 Å². The lowest BCUT2D eigenvalue weighted by molar-refractivity contribution is -0.104. The van der Waals surface area contributed by atoms with Crippen LogP contribution in [0.4, 0.5) is 0 Å². The molecule has 2 aromatic carbocycles. The van der Waals surface area contributed by atoms with Crippen molar-refractivity contribution in [3.05, 3.63) is 85.0 Å². The Labute approximate surface area is 152 Å². The van der Waals surface area contributed by atoms with Gasteiger partial charge < -0.3 is 4.43 Å². The van der Waals surface area contributed by atoms with Crippen molar-refractivity contribution in [1.29, 1.82) is 0 Å². The first-order chi connectivity index (χ1) is 12.0. The number of carbonyl (C=O) groups is 1. The first kappa shape index (κ1) is 19.1. The van der Waals surface area contributed by atoms with Gasteiger partial charge in [0, 0.05) is 0 Å². The van der Waals surface area contributed by atoms with E-state index in [1.54, 1.807) is 6.08 Å². The molecule has 130 valence electrons. The summed E-state index contributed by atoms with van der Waals surface area (Å²) >= 11 is 0. The molecule has 0 heterocycles. The zero-order valence-electron chi connectivity index (χ0n) is 15.2. The van der Waals surface area contributed by atoms with E-state index in [4.69, 9.17) is 4.43 Å². The lowest BCUT2D eigenvalue weighted by Crippen LogP contribution is -2.66. The van der Waals surface area contributed by atoms with Gasteiger partial charge in [-0.1, -0.05) is 99.7 Å². The molecule has 0 aromatic heterocycles. The Bertz CT molecular complexity index is 673. The van der Waals surface area contributed by atoms with Crippen LogP contribution < -0.4 is 10.4 Å². The van der Waals surface area contributed by atoms with Gasteiger partial charge in [-0.2, -0.15) is 0 Å². The van der Waals surface area contributed by atoms with Crippen LogP contribution in [0.25, 0.3) is 0 Å². The highest BCUT2D eigenvalue weighted by Gasteiger charge is 2.49. The Kier molecular flexibility index (Phi) is 6.68. The van der Waals surface area contributed by atoms with Crippen molar-refractivity contribution in [1.82, 2.24) is 0 Å². The van der Waals surface area contributed by atoms with Crippen molar-refractivity contribution in [2.75, 3.05) is 6.61 Å². The highest BCUT2D eigenvalue weighted by atomic mass is 28.4. The minimum Gasteiger partial charge on any atom is -0.404 e. The molecule has 0 bridgehead atoms. The predicted octanol–water partition coefficient (Wildman–Crippen LogP) is 3.87. The monoisotopic (exact) mass is 350 g/mol. The smallest absolute Gasteiger partial charge is 0.261 e. The Morgan fingerprint density at radius 2 is 1.36 bits per heavy atom. The molecular weight excluding hydrogens is 324 g/mol. The Hall–Kier alpha value is -2.23. The summed E-state index contributed by atoms with van der Waals surface area (Å²) in [6.07, 6.45) is 7.78. The normalized spacial score (nSPS) is 12.8. The molecule has 0 unspecified atom stereocenters. The lowest BCUT2D eigenvalue weighted by atomic mass is 10.2. The van der Waals surface area contributed by atoms with Gasteiger partial charge in [-0.15, -0.1) is 0 Å². The Balaban J connectivity index is 2.47. The van der Waals surface area contributed by atoms with Gasteiger partial charge in [-0.05, 0) is 21.5 Å². The van der Waals surface area contributed by atoms with Crippen LogP contribution in [-0.4, -0.2) is 21.2 Å². The average molecular weight is 351 g/mol. The van der Waals surface area contributed by atoms with Crippen molar-refractivity contribution < 1.29 is 9.22 Å². The van der Waals surface area contributed by atoms with E-state index >= 15 is 0 Å². The van der Waals surface area contributed by atoms with Crippen LogP contribution >= 0.6 is 0 Å². The van der Waals surface area contributed by atoms with Gasteiger partial charge in [0.2, 0.25) is 0 Å². The third-order valence-corrected chi connectivity index (χ3v) is 9.25. The van der Waals surface area contributed by atoms with Gasteiger partial charge in [-0.25, -0.2) is 0 Å². The molecule has 0 atom stereocenters. The highest BCUT2D eigenvalue weighted by molar-refractivity contribution is 6.99. The molecule has 0 aliphatic carbocycles. The molecule has 2 aromatic rings. The van der Waals surface area contributed by atoms with Crippen LogP contribution in [0.5, 0.6) is 0 Å². The SMILES string of the molecule is CC(C)(C)[Si](OC/C=C/C=C\C=O)(c1ccccc1)c1ccccc1. The van der Waals surface area contributed by atoms with E-state index in [0.29, 0.717) is 6.61 Å². The molecular formula is C22H26O2Si. The molecule has 0 fully saturated rings. The first-order valence-electron chi connectivity index (χ1n) is 8.54. The van der Waals surface area contributed by atoms with Gasteiger partial charge in [0.15, 0.2) is 0 Å². The maximum atomic E-state index is 10.4. The summed E-state index contributed by atoms with van der Waals surface area (Å²) in [7, 11) is -2.46. The summed E-state index contributed by atoms with van der Waals surface area (Å²) in [5.74, 6) is 0. The highest BCUT2D eigenvalue weighted by Crippen LogP contribution is 2.36. The lowest BCUT2D eigenvalue weighted by Gasteiger charge is -2.42. The molecule has 25 heavy (non-hydrogen) atoms. The largest absolute Gasteiger partial charge is 0.404 e. The first-order valence-corrected chi connectivity index (χ1v) is 10.4. The molecule has 0 saturated carbocycles. The number of benzene rings is 2. The van der Waals surface area contributed by atoms with E-state index in [2.05, 4.69) is 69.3 Å². The van der Waals surface area contributed by atoms with Gasteiger partial charge in [0.25, 0.3) is 8.32 Å². The molecule has 0 saturated heterocycles. The van der Waals surface area contributed by atoms with Crippen LogP contribution in [0.3, 0.4) is 0 Å². The molecule has 0 radical (unpaired) electrons. The summed E-state index contributed by atoms with van der Waals surface area (Å²) in [6.45, 7) is 7.29. The third-order valence-electron chi connectivity index (χ3n) is 4.25. The summed E-state index contributed by atoms with van der Waals surface area (Å²) < 4.78 is 6.68. The number of rotatable bonds is 7.